The predicted molar refractivity (Wildman–Crippen MR) is 70.4 cm³/mol. The number of aromatic nitrogens is 1. The van der Waals surface area contributed by atoms with Gasteiger partial charge in [-0.05, 0) is 31.2 Å². The average molecular weight is 262 g/mol. The van der Waals surface area contributed by atoms with Gasteiger partial charge in [0.05, 0.1) is 18.2 Å². The Morgan fingerprint density at radius 1 is 1.50 bits per heavy atom. The smallest absolute Gasteiger partial charge is 0.253 e. The molecular weight excluding hydrogens is 248 g/mol. The highest BCUT2D eigenvalue weighted by Gasteiger charge is 2.08. The van der Waals surface area contributed by atoms with Gasteiger partial charge in [0.25, 0.3) is 5.91 Å². The fraction of sp³-hybridized carbons (Fsp3) is 0.231. The van der Waals surface area contributed by atoms with Gasteiger partial charge in [-0.1, -0.05) is 0 Å². The number of aliphatic hydroxyl groups is 1. The standard InChI is InChI=1S/C13H14N2O2S/c1-9(16)12-5-4-11(18-12)8-15-13(17)10-3-2-6-14-7-10/h2-7,9,16H,8H2,1H3,(H,15,17). The maximum Gasteiger partial charge on any atom is 0.253 e. The van der Waals surface area contributed by atoms with Crippen LogP contribution >= 0.6 is 11.3 Å². The van der Waals surface area contributed by atoms with Crippen LogP contribution in [0.1, 0.15) is 33.1 Å². The second-order valence-corrected chi connectivity index (χ2v) is 5.10. The van der Waals surface area contributed by atoms with Gasteiger partial charge in [-0.15, -0.1) is 11.3 Å². The lowest BCUT2D eigenvalue weighted by molar-refractivity contribution is 0.0951. The largest absolute Gasteiger partial charge is 0.388 e. The van der Waals surface area contributed by atoms with Gasteiger partial charge < -0.3 is 10.4 Å². The number of carbonyl (C=O) groups is 1. The zero-order valence-corrected chi connectivity index (χ0v) is 10.8. The van der Waals surface area contributed by atoms with E-state index < -0.39 is 6.10 Å². The summed E-state index contributed by atoms with van der Waals surface area (Å²) in [6, 6.07) is 7.24. The molecule has 0 aromatic carbocycles. The number of nitrogens with one attached hydrogen (secondary N) is 1. The Hall–Kier alpha value is -1.72. The van der Waals surface area contributed by atoms with Gasteiger partial charge in [-0.2, -0.15) is 0 Å². The maximum absolute atomic E-state index is 11.8. The summed E-state index contributed by atoms with van der Waals surface area (Å²) < 4.78 is 0. The van der Waals surface area contributed by atoms with Gasteiger partial charge in [0.2, 0.25) is 0 Å². The third-order valence-corrected chi connectivity index (χ3v) is 3.70. The summed E-state index contributed by atoms with van der Waals surface area (Å²) in [6.45, 7) is 2.19. The molecule has 0 radical (unpaired) electrons. The van der Waals surface area contributed by atoms with Crippen LogP contribution < -0.4 is 5.32 Å². The van der Waals surface area contributed by atoms with E-state index in [1.807, 2.05) is 12.1 Å². The zero-order valence-electron chi connectivity index (χ0n) is 9.96. The molecule has 1 amide bonds. The van der Waals surface area contributed by atoms with E-state index in [1.165, 1.54) is 17.5 Å². The molecule has 0 aliphatic rings. The van der Waals surface area contributed by atoms with Crippen LogP contribution in [0.5, 0.6) is 0 Å². The van der Waals surface area contributed by atoms with E-state index >= 15 is 0 Å². The van der Waals surface area contributed by atoms with Crippen LogP contribution in [0.4, 0.5) is 0 Å². The van der Waals surface area contributed by atoms with E-state index in [0.29, 0.717) is 12.1 Å². The molecule has 0 aliphatic heterocycles. The van der Waals surface area contributed by atoms with Crippen LogP contribution in [0.2, 0.25) is 0 Å². The molecule has 2 rings (SSSR count). The van der Waals surface area contributed by atoms with Gasteiger partial charge in [0.1, 0.15) is 0 Å². The highest BCUT2D eigenvalue weighted by atomic mass is 32.1. The molecule has 1 atom stereocenters. The molecule has 1 unspecified atom stereocenters. The summed E-state index contributed by atoms with van der Waals surface area (Å²) in [5, 5.41) is 12.2. The van der Waals surface area contributed by atoms with E-state index in [-0.39, 0.29) is 5.91 Å². The fourth-order valence-corrected chi connectivity index (χ4v) is 2.37. The van der Waals surface area contributed by atoms with Crippen molar-refractivity contribution in [2.24, 2.45) is 0 Å². The highest BCUT2D eigenvalue weighted by molar-refractivity contribution is 7.12. The molecule has 2 aromatic heterocycles. The van der Waals surface area contributed by atoms with Crippen molar-refractivity contribution >= 4 is 17.2 Å². The molecular formula is C13H14N2O2S. The first kappa shape index (κ1) is 12.7. The minimum Gasteiger partial charge on any atom is -0.388 e. The Morgan fingerprint density at radius 3 is 2.94 bits per heavy atom. The first-order chi connectivity index (χ1) is 8.66. The maximum atomic E-state index is 11.8. The molecule has 5 heteroatoms. The predicted octanol–water partition coefficient (Wildman–Crippen LogP) is 2.13. The molecule has 94 valence electrons. The first-order valence-electron chi connectivity index (χ1n) is 5.61. The lowest BCUT2D eigenvalue weighted by Crippen LogP contribution is -2.22. The van der Waals surface area contributed by atoms with Gasteiger partial charge >= 0.3 is 0 Å². The van der Waals surface area contributed by atoms with Crippen molar-refractivity contribution in [2.45, 2.75) is 19.6 Å². The van der Waals surface area contributed by atoms with E-state index in [9.17, 15) is 9.90 Å². The van der Waals surface area contributed by atoms with E-state index in [4.69, 9.17) is 0 Å². The molecule has 0 fully saturated rings. The second-order valence-electron chi connectivity index (χ2n) is 3.90. The third-order valence-electron chi connectivity index (χ3n) is 2.44. The van der Waals surface area contributed by atoms with Crippen LogP contribution in [0, 0.1) is 0 Å². The molecule has 0 spiro atoms. The SMILES string of the molecule is CC(O)c1ccc(CNC(=O)c2cccnc2)s1. The molecule has 2 heterocycles. The van der Waals surface area contributed by atoms with E-state index in [1.54, 1.807) is 25.3 Å². The van der Waals surface area contributed by atoms with Crippen molar-refractivity contribution in [1.82, 2.24) is 10.3 Å². The van der Waals surface area contributed by atoms with Crippen molar-refractivity contribution in [2.75, 3.05) is 0 Å². The molecule has 0 bridgehead atoms. The van der Waals surface area contributed by atoms with E-state index in [0.717, 1.165) is 9.75 Å². The van der Waals surface area contributed by atoms with Crippen LogP contribution in [0.25, 0.3) is 0 Å². The number of amides is 1. The fourth-order valence-electron chi connectivity index (χ4n) is 1.48. The Balaban J connectivity index is 1.93. The topological polar surface area (TPSA) is 62.2 Å². The van der Waals surface area contributed by atoms with Gasteiger partial charge in [-0.25, -0.2) is 0 Å². The summed E-state index contributed by atoms with van der Waals surface area (Å²) >= 11 is 1.50. The Kier molecular flexibility index (Phi) is 4.07. The van der Waals surface area contributed by atoms with Crippen molar-refractivity contribution in [3.63, 3.8) is 0 Å². The highest BCUT2D eigenvalue weighted by Crippen LogP contribution is 2.22. The average Bonchev–Trinajstić information content (AvgIpc) is 2.86. The lowest BCUT2D eigenvalue weighted by atomic mass is 10.2. The number of pyridine rings is 1. The second kappa shape index (κ2) is 5.75. The van der Waals surface area contributed by atoms with Crippen molar-refractivity contribution in [1.29, 1.82) is 0 Å². The number of carbonyl (C=O) groups excluding carboxylic acids is 1. The Bertz CT molecular complexity index is 523. The van der Waals surface area contributed by atoms with Crippen molar-refractivity contribution < 1.29 is 9.90 Å². The molecule has 2 aromatic rings. The summed E-state index contributed by atoms with van der Waals surface area (Å²) in [5.41, 5.74) is 0.546. The Morgan fingerprint density at radius 2 is 2.33 bits per heavy atom. The molecule has 0 saturated heterocycles. The zero-order chi connectivity index (χ0) is 13.0. The van der Waals surface area contributed by atoms with Crippen LogP contribution in [0.3, 0.4) is 0 Å². The van der Waals surface area contributed by atoms with Crippen LogP contribution in [-0.4, -0.2) is 16.0 Å². The molecule has 0 aliphatic carbocycles. The summed E-state index contributed by atoms with van der Waals surface area (Å²) in [4.78, 5) is 17.6. The number of hydrogen-bond acceptors (Lipinski definition) is 4. The monoisotopic (exact) mass is 262 g/mol. The normalized spacial score (nSPS) is 12.1. The van der Waals surface area contributed by atoms with Crippen molar-refractivity contribution in [3.8, 4) is 0 Å². The van der Waals surface area contributed by atoms with Gasteiger partial charge in [0, 0.05) is 22.1 Å². The minimum absolute atomic E-state index is 0.143. The quantitative estimate of drug-likeness (QED) is 0.887. The molecule has 4 nitrogen and oxygen atoms in total. The summed E-state index contributed by atoms with van der Waals surface area (Å²) in [6.07, 6.45) is 2.70. The number of rotatable bonds is 4. The third kappa shape index (κ3) is 3.15. The molecule has 2 N–H and O–H groups in total. The summed E-state index contributed by atoms with van der Waals surface area (Å²) in [7, 11) is 0. The van der Waals surface area contributed by atoms with Crippen LogP contribution in [0.15, 0.2) is 36.7 Å². The number of aliphatic hydroxyl groups excluding tert-OH is 1. The lowest BCUT2D eigenvalue weighted by Gasteiger charge is -2.03. The minimum atomic E-state index is -0.460. The van der Waals surface area contributed by atoms with E-state index in [2.05, 4.69) is 10.3 Å². The first-order valence-corrected chi connectivity index (χ1v) is 6.43. The molecule has 18 heavy (non-hydrogen) atoms. The van der Waals surface area contributed by atoms with Gasteiger partial charge in [-0.3, -0.25) is 9.78 Å². The van der Waals surface area contributed by atoms with Gasteiger partial charge in [0.15, 0.2) is 0 Å². The number of nitrogens with zero attached hydrogens (tertiary/aromatic N) is 1. The van der Waals surface area contributed by atoms with Crippen molar-refractivity contribution in [3.05, 3.63) is 52.0 Å². The molecule has 0 saturated carbocycles. The number of hydrogen-bond donors (Lipinski definition) is 2. The number of thiophene rings is 1. The Labute approximate surface area is 109 Å². The van der Waals surface area contributed by atoms with Crippen LogP contribution in [-0.2, 0) is 6.54 Å². The summed E-state index contributed by atoms with van der Waals surface area (Å²) in [5.74, 6) is -0.143.